The third kappa shape index (κ3) is 5.59. The number of nitrogens with zero attached hydrogens (tertiary/aromatic N) is 1. The van der Waals surface area contributed by atoms with Gasteiger partial charge in [-0.15, -0.1) is 0 Å². The Morgan fingerprint density at radius 3 is 2.50 bits per heavy atom. The monoisotopic (exact) mass is 316 g/mol. The fraction of sp³-hybridized carbons (Fsp3) is 0.417. The van der Waals surface area contributed by atoms with E-state index in [0.29, 0.717) is 18.8 Å². The van der Waals surface area contributed by atoms with Crippen molar-refractivity contribution in [1.82, 2.24) is 4.90 Å². The molecule has 0 aliphatic carbocycles. The average molecular weight is 317 g/mol. The Bertz CT molecular complexity index is 381. The average Bonchev–Trinajstić information content (AvgIpc) is 2.29. The van der Waals surface area contributed by atoms with Crippen LogP contribution >= 0.6 is 15.9 Å². The smallest absolute Gasteiger partial charge is 0.238 e. The van der Waals surface area contributed by atoms with Crippen molar-refractivity contribution >= 4 is 27.5 Å². The number of amides is 1. The Morgan fingerprint density at radius 1 is 1.28 bits per heavy atom. The van der Waals surface area contributed by atoms with E-state index in [0.717, 1.165) is 4.47 Å². The van der Waals surface area contributed by atoms with Gasteiger partial charge in [-0.3, -0.25) is 9.69 Å². The van der Waals surface area contributed by atoms with Gasteiger partial charge in [-0.25, -0.2) is 0 Å². The van der Waals surface area contributed by atoms with E-state index in [1.165, 1.54) is 0 Å². The molecule has 0 atom stereocenters. The Hall–Kier alpha value is -0.950. The molecule has 0 aliphatic heterocycles. The van der Waals surface area contributed by atoms with Gasteiger partial charge in [0.25, 0.3) is 0 Å². The first kappa shape index (κ1) is 15.1. The van der Waals surface area contributed by atoms with Crippen LogP contribution in [0, 0.1) is 0 Å². The van der Waals surface area contributed by atoms with Gasteiger partial charge in [0.15, 0.2) is 0 Å². The van der Waals surface area contributed by atoms with Gasteiger partial charge in [-0.1, -0.05) is 22.0 Å². The van der Waals surface area contributed by atoms with Crippen molar-refractivity contribution in [2.75, 3.05) is 38.2 Å². The number of carbonyl (C=O) groups excluding carboxylic acids is 1. The molecule has 0 fully saturated rings. The van der Waals surface area contributed by atoms with E-state index >= 15 is 0 Å². The zero-order valence-corrected chi connectivity index (χ0v) is 11.6. The highest BCUT2D eigenvalue weighted by Crippen LogP contribution is 2.15. The van der Waals surface area contributed by atoms with E-state index in [-0.39, 0.29) is 25.7 Å². The molecular formula is C12H17BrN2O3. The topological polar surface area (TPSA) is 72.8 Å². The zero-order chi connectivity index (χ0) is 13.4. The van der Waals surface area contributed by atoms with Crippen molar-refractivity contribution in [1.29, 1.82) is 0 Å². The van der Waals surface area contributed by atoms with Crippen molar-refractivity contribution in [3.63, 3.8) is 0 Å². The van der Waals surface area contributed by atoms with E-state index in [9.17, 15) is 4.79 Å². The summed E-state index contributed by atoms with van der Waals surface area (Å²) in [7, 11) is 0. The molecule has 0 saturated heterocycles. The van der Waals surface area contributed by atoms with Gasteiger partial charge in [0.1, 0.15) is 0 Å². The number of halogens is 1. The van der Waals surface area contributed by atoms with Crippen LogP contribution in [0.25, 0.3) is 0 Å². The summed E-state index contributed by atoms with van der Waals surface area (Å²) in [4.78, 5) is 13.4. The Labute approximate surface area is 115 Å². The molecule has 0 aromatic heterocycles. The summed E-state index contributed by atoms with van der Waals surface area (Å²) in [6, 6.07) is 7.31. The summed E-state index contributed by atoms with van der Waals surface area (Å²) in [5.74, 6) is -0.171. The molecular weight excluding hydrogens is 300 g/mol. The van der Waals surface area contributed by atoms with E-state index in [2.05, 4.69) is 21.2 Å². The first-order valence-corrected chi connectivity index (χ1v) is 6.44. The van der Waals surface area contributed by atoms with Crippen LogP contribution < -0.4 is 5.32 Å². The zero-order valence-electron chi connectivity index (χ0n) is 9.97. The molecule has 6 heteroatoms. The Balaban J connectivity index is 2.49. The first-order valence-electron chi connectivity index (χ1n) is 5.65. The van der Waals surface area contributed by atoms with Crippen LogP contribution in [-0.4, -0.2) is 53.9 Å². The van der Waals surface area contributed by atoms with Gasteiger partial charge < -0.3 is 15.5 Å². The molecule has 0 spiro atoms. The van der Waals surface area contributed by atoms with Gasteiger partial charge in [-0.05, 0) is 18.2 Å². The standard InChI is InChI=1S/C12H17BrN2O3/c13-10-2-1-3-11(8-10)14-12(18)9-15(4-6-16)5-7-17/h1-3,8,16-17H,4-7,9H2,(H,14,18). The molecule has 1 rings (SSSR count). The number of aliphatic hydroxyl groups excluding tert-OH is 2. The summed E-state index contributed by atoms with van der Waals surface area (Å²) in [6.07, 6.45) is 0. The number of benzene rings is 1. The lowest BCUT2D eigenvalue weighted by Gasteiger charge is -2.19. The highest BCUT2D eigenvalue weighted by molar-refractivity contribution is 9.10. The fourth-order valence-corrected chi connectivity index (χ4v) is 1.92. The SMILES string of the molecule is O=C(CN(CCO)CCO)Nc1cccc(Br)c1. The fourth-order valence-electron chi connectivity index (χ4n) is 1.52. The third-order valence-electron chi connectivity index (χ3n) is 2.31. The van der Waals surface area contributed by atoms with Crippen LogP contribution in [0.1, 0.15) is 0 Å². The van der Waals surface area contributed by atoms with E-state index in [1.807, 2.05) is 12.1 Å². The quantitative estimate of drug-likeness (QED) is 0.691. The second-order valence-corrected chi connectivity index (χ2v) is 4.70. The van der Waals surface area contributed by atoms with Crippen LogP contribution in [0.5, 0.6) is 0 Å². The third-order valence-corrected chi connectivity index (χ3v) is 2.80. The van der Waals surface area contributed by atoms with Crippen LogP contribution in [0.4, 0.5) is 5.69 Å². The molecule has 3 N–H and O–H groups in total. The highest BCUT2D eigenvalue weighted by Gasteiger charge is 2.09. The maximum absolute atomic E-state index is 11.8. The van der Waals surface area contributed by atoms with Crippen molar-refractivity contribution in [3.8, 4) is 0 Å². The van der Waals surface area contributed by atoms with Crippen molar-refractivity contribution < 1.29 is 15.0 Å². The summed E-state index contributed by atoms with van der Waals surface area (Å²) in [5.41, 5.74) is 0.710. The minimum absolute atomic E-state index is 0.0375. The lowest BCUT2D eigenvalue weighted by Crippen LogP contribution is -2.37. The van der Waals surface area contributed by atoms with Crippen molar-refractivity contribution in [2.45, 2.75) is 0 Å². The molecule has 0 heterocycles. The maximum atomic E-state index is 11.8. The minimum atomic E-state index is -0.171. The van der Waals surface area contributed by atoms with Crippen molar-refractivity contribution in [3.05, 3.63) is 28.7 Å². The second kappa shape index (κ2) is 8.20. The Kier molecular flexibility index (Phi) is 6.89. The summed E-state index contributed by atoms with van der Waals surface area (Å²) >= 11 is 3.32. The predicted octanol–water partition coefficient (Wildman–Crippen LogP) is 0.674. The van der Waals surface area contributed by atoms with Crippen LogP contribution in [-0.2, 0) is 4.79 Å². The molecule has 100 valence electrons. The van der Waals surface area contributed by atoms with Crippen LogP contribution in [0.3, 0.4) is 0 Å². The maximum Gasteiger partial charge on any atom is 0.238 e. The van der Waals surface area contributed by atoms with Crippen LogP contribution in [0.2, 0.25) is 0 Å². The number of hydrogen-bond donors (Lipinski definition) is 3. The molecule has 0 radical (unpaired) electrons. The second-order valence-electron chi connectivity index (χ2n) is 3.78. The molecule has 1 amide bonds. The molecule has 0 unspecified atom stereocenters. The van der Waals surface area contributed by atoms with E-state index in [4.69, 9.17) is 10.2 Å². The number of rotatable bonds is 7. The van der Waals surface area contributed by atoms with Gasteiger partial charge in [0, 0.05) is 23.2 Å². The van der Waals surface area contributed by atoms with E-state index in [1.54, 1.807) is 17.0 Å². The van der Waals surface area contributed by atoms with Crippen LogP contribution in [0.15, 0.2) is 28.7 Å². The summed E-state index contributed by atoms with van der Waals surface area (Å²) in [5, 5.41) is 20.4. The minimum Gasteiger partial charge on any atom is -0.395 e. The lowest BCUT2D eigenvalue weighted by molar-refractivity contribution is -0.117. The highest BCUT2D eigenvalue weighted by atomic mass is 79.9. The molecule has 18 heavy (non-hydrogen) atoms. The molecule has 1 aromatic carbocycles. The van der Waals surface area contributed by atoms with Gasteiger partial charge in [-0.2, -0.15) is 0 Å². The van der Waals surface area contributed by atoms with Gasteiger partial charge in [0.2, 0.25) is 5.91 Å². The summed E-state index contributed by atoms with van der Waals surface area (Å²) in [6.45, 7) is 0.806. The molecule has 0 aliphatic rings. The molecule has 0 saturated carbocycles. The van der Waals surface area contributed by atoms with Gasteiger partial charge >= 0.3 is 0 Å². The number of anilines is 1. The number of aliphatic hydroxyl groups is 2. The molecule has 0 bridgehead atoms. The normalized spacial score (nSPS) is 10.7. The number of carbonyl (C=O) groups is 1. The molecule has 1 aromatic rings. The largest absolute Gasteiger partial charge is 0.395 e. The van der Waals surface area contributed by atoms with Gasteiger partial charge in [0.05, 0.1) is 19.8 Å². The summed E-state index contributed by atoms with van der Waals surface area (Å²) < 4.78 is 0.892. The van der Waals surface area contributed by atoms with E-state index < -0.39 is 0 Å². The number of nitrogens with one attached hydrogen (secondary N) is 1. The predicted molar refractivity (Wildman–Crippen MR) is 73.4 cm³/mol. The Morgan fingerprint density at radius 2 is 1.94 bits per heavy atom. The lowest BCUT2D eigenvalue weighted by atomic mass is 10.3. The molecule has 5 nitrogen and oxygen atoms in total. The van der Waals surface area contributed by atoms with Crippen molar-refractivity contribution in [2.24, 2.45) is 0 Å². The number of hydrogen-bond acceptors (Lipinski definition) is 4. The first-order chi connectivity index (χ1) is 8.65.